The fraction of sp³-hybridized carbons (Fsp3) is 0.857. The molecule has 0 spiro atoms. The summed E-state index contributed by atoms with van der Waals surface area (Å²) in [6, 6.07) is 0. The molecule has 62 valence electrons. The van der Waals surface area contributed by atoms with Gasteiger partial charge in [-0.2, -0.15) is 5.26 Å². The van der Waals surface area contributed by atoms with Crippen molar-refractivity contribution < 1.29 is 9.47 Å². The van der Waals surface area contributed by atoms with Crippen molar-refractivity contribution in [3.63, 3.8) is 0 Å². The Kier molecular flexibility index (Phi) is 2.77. The van der Waals surface area contributed by atoms with Crippen LogP contribution in [0.5, 0.6) is 0 Å². The average Bonchev–Trinajstić information content (AvgIpc) is 1.94. The van der Waals surface area contributed by atoms with Crippen molar-refractivity contribution in [3.05, 3.63) is 0 Å². The molecule has 1 heterocycles. The van der Waals surface area contributed by atoms with Crippen LogP contribution in [0.4, 0.5) is 0 Å². The second kappa shape index (κ2) is 3.44. The molecule has 0 unspecified atom stereocenters. The van der Waals surface area contributed by atoms with Gasteiger partial charge in [0.05, 0.1) is 18.5 Å². The Hall–Kier alpha value is -0.240. The van der Waals surface area contributed by atoms with Gasteiger partial charge < -0.3 is 9.47 Å². The topological polar surface area (TPSA) is 42.2 Å². The highest BCUT2D eigenvalue weighted by Gasteiger charge is 2.28. The third-order valence-electron chi connectivity index (χ3n) is 1.45. The van der Waals surface area contributed by atoms with E-state index in [2.05, 4.69) is 0 Å². The number of rotatable bonds is 1. The van der Waals surface area contributed by atoms with E-state index in [4.69, 9.17) is 14.7 Å². The number of thioether (sulfide) groups is 1. The number of thiocyanates is 1. The van der Waals surface area contributed by atoms with Crippen molar-refractivity contribution in [1.29, 1.82) is 5.26 Å². The van der Waals surface area contributed by atoms with Gasteiger partial charge in [-0.1, -0.05) is 0 Å². The van der Waals surface area contributed by atoms with Gasteiger partial charge in [0, 0.05) is 0 Å². The van der Waals surface area contributed by atoms with Crippen LogP contribution < -0.4 is 0 Å². The first-order valence-electron chi connectivity index (χ1n) is 3.47. The fourth-order valence-corrected chi connectivity index (χ4v) is 1.24. The third kappa shape index (κ3) is 2.70. The van der Waals surface area contributed by atoms with Gasteiger partial charge in [0.15, 0.2) is 5.79 Å². The Labute approximate surface area is 70.7 Å². The summed E-state index contributed by atoms with van der Waals surface area (Å²) in [5, 5.41) is 10.5. The van der Waals surface area contributed by atoms with Gasteiger partial charge in [-0.3, -0.25) is 0 Å². The van der Waals surface area contributed by atoms with E-state index < -0.39 is 5.79 Å². The largest absolute Gasteiger partial charge is 0.349 e. The summed E-state index contributed by atoms with van der Waals surface area (Å²) in [7, 11) is 0. The fourth-order valence-electron chi connectivity index (χ4n) is 0.820. The zero-order valence-electron chi connectivity index (χ0n) is 6.66. The van der Waals surface area contributed by atoms with Crippen LogP contribution in [-0.2, 0) is 9.47 Å². The smallest absolute Gasteiger partial charge is 0.162 e. The molecule has 0 atom stereocenters. The summed E-state index contributed by atoms with van der Waals surface area (Å²) in [6.07, 6.45) is 0. The van der Waals surface area contributed by atoms with Crippen LogP contribution in [0.1, 0.15) is 13.8 Å². The lowest BCUT2D eigenvalue weighted by Gasteiger charge is -2.33. The van der Waals surface area contributed by atoms with Crippen LogP contribution in [0.15, 0.2) is 0 Å². The molecule has 0 bridgehead atoms. The van der Waals surface area contributed by atoms with E-state index in [0.29, 0.717) is 13.2 Å². The van der Waals surface area contributed by atoms with Crippen molar-refractivity contribution in [3.8, 4) is 5.40 Å². The Morgan fingerprint density at radius 3 is 2.45 bits per heavy atom. The van der Waals surface area contributed by atoms with Crippen LogP contribution in [0.2, 0.25) is 0 Å². The highest BCUT2D eigenvalue weighted by atomic mass is 32.2. The third-order valence-corrected chi connectivity index (χ3v) is 2.16. The summed E-state index contributed by atoms with van der Waals surface area (Å²) >= 11 is 1.21. The second-order valence-corrected chi connectivity index (χ2v) is 3.94. The zero-order chi connectivity index (χ0) is 8.32. The lowest BCUT2D eigenvalue weighted by atomic mass is 10.3. The molecule has 0 aromatic rings. The van der Waals surface area contributed by atoms with Crippen LogP contribution >= 0.6 is 11.8 Å². The first kappa shape index (κ1) is 8.85. The molecule has 0 saturated carbocycles. The Bertz CT molecular complexity index is 166. The number of ether oxygens (including phenoxy) is 2. The highest BCUT2D eigenvalue weighted by molar-refractivity contribution is 8.04. The van der Waals surface area contributed by atoms with E-state index in [1.54, 1.807) is 0 Å². The lowest BCUT2D eigenvalue weighted by Crippen LogP contribution is -2.40. The summed E-state index contributed by atoms with van der Waals surface area (Å²) in [5.74, 6) is -0.466. The molecular weight excluding hydrogens is 162 g/mol. The molecule has 0 amide bonds. The minimum atomic E-state index is -0.466. The predicted molar refractivity (Wildman–Crippen MR) is 43.0 cm³/mol. The number of hydrogen-bond acceptors (Lipinski definition) is 4. The molecule has 3 nitrogen and oxygen atoms in total. The molecule has 0 aromatic carbocycles. The molecule has 1 saturated heterocycles. The number of nitriles is 1. The molecular formula is C7H11NO2S. The van der Waals surface area contributed by atoms with E-state index >= 15 is 0 Å². The lowest BCUT2D eigenvalue weighted by molar-refractivity contribution is -0.241. The second-order valence-electron chi connectivity index (χ2n) is 2.85. The maximum Gasteiger partial charge on any atom is 0.162 e. The Morgan fingerprint density at radius 2 is 2.00 bits per heavy atom. The number of hydrogen-bond donors (Lipinski definition) is 0. The normalized spacial score (nSPS) is 24.5. The average molecular weight is 173 g/mol. The van der Waals surface area contributed by atoms with E-state index in [1.165, 1.54) is 11.8 Å². The van der Waals surface area contributed by atoms with E-state index in [0.717, 1.165) is 0 Å². The van der Waals surface area contributed by atoms with Crippen molar-refractivity contribution >= 4 is 11.8 Å². The predicted octanol–water partition coefficient (Wildman–Crippen LogP) is 1.35. The van der Waals surface area contributed by atoms with Gasteiger partial charge >= 0.3 is 0 Å². The van der Waals surface area contributed by atoms with Crippen molar-refractivity contribution in [2.24, 2.45) is 0 Å². The molecule has 0 radical (unpaired) electrons. The molecule has 1 fully saturated rings. The monoisotopic (exact) mass is 173 g/mol. The Morgan fingerprint density at radius 1 is 1.45 bits per heavy atom. The van der Waals surface area contributed by atoms with Crippen LogP contribution in [0, 0.1) is 10.7 Å². The summed E-state index contributed by atoms with van der Waals surface area (Å²) in [6.45, 7) is 4.96. The molecule has 1 aliphatic rings. The minimum Gasteiger partial charge on any atom is -0.349 e. The molecule has 1 rings (SSSR count). The molecule has 0 N–H and O–H groups in total. The first-order chi connectivity index (χ1) is 5.14. The van der Waals surface area contributed by atoms with Gasteiger partial charge in [-0.15, -0.1) is 0 Å². The van der Waals surface area contributed by atoms with Crippen molar-refractivity contribution in [2.45, 2.75) is 24.9 Å². The summed E-state index contributed by atoms with van der Waals surface area (Å²) in [5.41, 5.74) is 0. The highest BCUT2D eigenvalue weighted by Crippen LogP contribution is 2.22. The van der Waals surface area contributed by atoms with Gasteiger partial charge in [0.1, 0.15) is 5.40 Å². The van der Waals surface area contributed by atoms with Crippen molar-refractivity contribution in [2.75, 3.05) is 13.2 Å². The first-order valence-corrected chi connectivity index (χ1v) is 4.35. The maximum atomic E-state index is 8.35. The zero-order valence-corrected chi connectivity index (χ0v) is 7.48. The molecule has 0 aliphatic carbocycles. The van der Waals surface area contributed by atoms with Gasteiger partial charge in [0.25, 0.3) is 0 Å². The summed E-state index contributed by atoms with van der Waals surface area (Å²) in [4.78, 5) is 0. The standard InChI is InChI=1S/C7H11NO2S/c1-7(2)9-3-6(4-10-7)11-5-8/h6H,3-4H2,1-2H3. The van der Waals surface area contributed by atoms with E-state index in [1.807, 2.05) is 19.2 Å². The minimum absolute atomic E-state index is 0.174. The maximum absolute atomic E-state index is 8.35. The van der Waals surface area contributed by atoms with Crippen LogP contribution in [-0.4, -0.2) is 24.3 Å². The molecule has 11 heavy (non-hydrogen) atoms. The van der Waals surface area contributed by atoms with Crippen molar-refractivity contribution in [1.82, 2.24) is 0 Å². The number of nitrogens with zero attached hydrogens (tertiary/aromatic N) is 1. The Balaban J connectivity index is 2.32. The molecule has 1 aliphatic heterocycles. The van der Waals surface area contributed by atoms with Gasteiger partial charge in [-0.25, -0.2) is 0 Å². The molecule has 0 aromatic heterocycles. The molecule has 4 heteroatoms. The SMILES string of the molecule is CC1(C)OCC(SC#N)CO1. The van der Waals surface area contributed by atoms with E-state index in [9.17, 15) is 0 Å². The summed E-state index contributed by atoms with van der Waals surface area (Å²) < 4.78 is 10.7. The van der Waals surface area contributed by atoms with E-state index in [-0.39, 0.29) is 5.25 Å². The quantitative estimate of drug-likeness (QED) is 0.561. The van der Waals surface area contributed by atoms with Gasteiger partial charge in [-0.05, 0) is 25.6 Å². The van der Waals surface area contributed by atoms with Crippen LogP contribution in [0.3, 0.4) is 0 Å². The van der Waals surface area contributed by atoms with Crippen LogP contribution in [0.25, 0.3) is 0 Å². The van der Waals surface area contributed by atoms with Gasteiger partial charge in [0.2, 0.25) is 0 Å².